The monoisotopic (exact) mass is 335 g/mol. The molecule has 106 valence electrons. The first-order valence-electron chi connectivity index (χ1n) is 6.79. The van der Waals surface area contributed by atoms with Gasteiger partial charge in [0, 0.05) is 11.7 Å². The van der Waals surface area contributed by atoms with Crippen LogP contribution in [0.1, 0.15) is 43.9 Å². The van der Waals surface area contributed by atoms with Gasteiger partial charge in [-0.15, -0.1) is 0 Å². The van der Waals surface area contributed by atoms with Crippen molar-refractivity contribution < 1.29 is 4.39 Å². The number of benzene rings is 2. The first-order valence-corrected chi connectivity index (χ1v) is 7.58. The minimum Gasteiger partial charge on any atom is -0.378 e. The lowest BCUT2D eigenvalue weighted by Gasteiger charge is -2.20. The van der Waals surface area contributed by atoms with Crippen molar-refractivity contribution in [3.63, 3.8) is 0 Å². The minimum absolute atomic E-state index is 0.117. The Hall–Kier alpha value is -1.35. The standard InChI is InChI=1S/C17H19BrFN/c1-11(2)14-6-4-5-7-17(14)20-12(3)13-8-9-16(19)15(18)10-13/h4-12,20H,1-3H3. The van der Waals surface area contributed by atoms with Crippen molar-refractivity contribution in [1.82, 2.24) is 0 Å². The molecule has 2 rings (SSSR count). The summed E-state index contributed by atoms with van der Waals surface area (Å²) in [6, 6.07) is 13.6. The zero-order valence-electron chi connectivity index (χ0n) is 12.0. The zero-order valence-corrected chi connectivity index (χ0v) is 13.5. The van der Waals surface area contributed by atoms with Crippen LogP contribution in [0.5, 0.6) is 0 Å². The second-order valence-corrected chi connectivity index (χ2v) is 6.14. The molecule has 1 unspecified atom stereocenters. The maximum absolute atomic E-state index is 13.3. The molecule has 0 heterocycles. The van der Waals surface area contributed by atoms with Crippen LogP contribution in [0.2, 0.25) is 0 Å². The number of rotatable bonds is 4. The third kappa shape index (κ3) is 3.40. The Bertz CT molecular complexity index is 595. The van der Waals surface area contributed by atoms with Crippen LogP contribution in [0.4, 0.5) is 10.1 Å². The molecular weight excluding hydrogens is 317 g/mol. The van der Waals surface area contributed by atoms with Gasteiger partial charge in [0.15, 0.2) is 0 Å². The van der Waals surface area contributed by atoms with Crippen molar-refractivity contribution >= 4 is 21.6 Å². The largest absolute Gasteiger partial charge is 0.378 e. The summed E-state index contributed by atoms with van der Waals surface area (Å²) in [5.74, 6) is 0.231. The maximum Gasteiger partial charge on any atom is 0.137 e. The summed E-state index contributed by atoms with van der Waals surface area (Å²) in [6.07, 6.45) is 0. The minimum atomic E-state index is -0.233. The van der Waals surface area contributed by atoms with E-state index in [-0.39, 0.29) is 11.9 Å². The van der Waals surface area contributed by atoms with Gasteiger partial charge in [0.1, 0.15) is 5.82 Å². The van der Waals surface area contributed by atoms with Crippen molar-refractivity contribution in [1.29, 1.82) is 0 Å². The second kappa shape index (κ2) is 6.40. The summed E-state index contributed by atoms with van der Waals surface area (Å²) in [5.41, 5.74) is 3.48. The van der Waals surface area contributed by atoms with Gasteiger partial charge in [-0.3, -0.25) is 0 Å². The summed E-state index contributed by atoms with van der Waals surface area (Å²) < 4.78 is 13.8. The fourth-order valence-corrected chi connectivity index (χ4v) is 2.63. The van der Waals surface area contributed by atoms with E-state index in [1.165, 1.54) is 11.6 Å². The van der Waals surface area contributed by atoms with Crippen molar-refractivity contribution in [2.75, 3.05) is 5.32 Å². The van der Waals surface area contributed by atoms with E-state index in [1.54, 1.807) is 0 Å². The first kappa shape index (κ1) is 15.0. The van der Waals surface area contributed by atoms with Gasteiger partial charge < -0.3 is 5.32 Å². The third-order valence-electron chi connectivity index (χ3n) is 3.40. The van der Waals surface area contributed by atoms with E-state index in [1.807, 2.05) is 18.2 Å². The lowest BCUT2D eigenvalue weighted by atomic mass is 10.00. The van der Waals surface area contributed by atoms with Gasteiger partial charge in [-0.2, -0.15) is 0 Å². The molecule has 0 aliphatic rings. The Morgan fingerprint density at radius 1 is 1.05 bits per heavy atom. The van der Waals surface area contributed by atoms with Crippen LogP contribution < -0.4 is 5.32 Å². The summed E-state index contributed by atoms with van der Waals surface area (Å²) in [6.45, 7) is 6.44. The Morgan fingerprint density at radius 3 is 2.40 bits per heavy atom. The number of nitrogens with one attached hydrogen (secondary N) is 1. The number of anilines is 1. The predicted octanol–water partition coefficient (Wildman–Crippen LogP) is 5.88. The van der Waals surface area contributed by atoms with Crippen LogP contribution in [0.25, 0.3) is 0 Å². The molecule has 3 heteroatoms. The van der Waals surface area contributed by atoms with Gasteiger partial charge in [-0.25, -0.2) is 4.39 Å². The molecule has 0 aliphatic heterocycles. The van der Waals surface area contributed by atoms with Gasteiger partial charge in [-0.1, -0.05) is 38.1 Å². The summed E-state index contributed by atoms with van der Waals surface area (Å²) in [4.78, 5) is 0. The van der Waals surface area contributed by atoms with Crippen LogP contribution in [-0.4, -0.2) is 0 Å². The van der Waals surface area contributed by atoms with E-state index in [9.17, 15) is 4.39 Å². The molecule has 2 aromatic rings. The van der Waals surface area contributed by atoms with E-state index >= 15 is 0 Å². The second-order valence-electron chi connectivity index (χ2n) is 5.28. The van der Waals surface area contributed by atoms with E-state index in [0.717, 1.165) is 11.3 Å². The van der Waals surface area contributed by atoms with Crippen molar-refractivity contribution in [3.05, 3.63) is 63.9 Å². The van der Waals surface area contributed by atoms with Crippen LogP contribution in [0, 0.1) is 5.82 Å². The third-order valence-corrected chi connectivity index (χ3v) is 4.01. The highest BCUT2D eigenvalue weighted by Crippen LogP contribution is 2.28. The van der Waals surface area contributed by atoms with Crippen LogP contribution in [0.3, 0.4) is 0 Å². The summed E-state index contributed by atoms with van der Waals surface area (Å²) in [5, 5.41) is 3.51. The molecule has 0 amide bonds. The predicted molar refractivity (Wildman–Crippen MR) is 86.7 cm³/mol. The average Bonchev–Trinajstić information content (AvgIpc) is 2.42. The molecule has 0 aromatic heterocycles. The Morgan fingerprint density at radius 2 is 1.75 bits per heavy atom. The van der Waals surface area contributed by atoms with Gasteiger partial charge >= 0.3 is 0 Å². The lowest BCUT2D eigenvalue weighted by Crippen LogP contribution is -2.09. The van der Waals surface area contributed by atoms with Gasteiger partial charge in [0.25, 0.3) is 0 Å². The molecule has 0 radical (unpaired) electrons. The van der Waals surface area contributed by atoms with Crippen LogP contribution >= 0.6 is 15.9 Å². The summed E-state index contributed by atoms with van der Waals surface area (Å²) >= 11 is 3.23. The Labute approximate surface area is 128 Å². The molecule has 2 aromatic carbocycles. The quantitative estimate of drug-likeness (QED) is 0.735. The normalized spacial score (nSPS) is 12.5. The van der Waals surface area contributed by atoms with Gasteiger partial charge in [-0.05, 0) is 58.1 Å². The molecule has 20 heavy (non-hydrogen) atoms. The fourth-order valence-electron chi connectivity index (χ4n) is 2.23. The SMILES string of the molecule is CC(C)c1ccccc1NC(C)c1ccc(F)c(Br)c1. The number of hydrogen-bond donors (Lipinski definition) is 1. The molecule has 1 atom stereocenters. The van der Waals surface area contributed by atoms with Crippen molar-refractivity contribution in [3.8, 4) is 0 Å². The molecule has 1 nitrogen and oxygen atoms in total. The highest BCUT2D eigenvalue weighted by atomic mass is 79.9. The average molecular weight is 336 g/mol. The molecule has 0 aliphatic carbocycles. The lowest BCUT2D eigenvalue weighted by molar-refractivity contribution is 0.619. The molecule has 0 saturated heterocycles. The van der Waals surface area contributed by atoms with Crippen molar-refractivity contribution in [2.45, 2.75) is 32.7 Å². The van der Waals surface area contributed by atoms with Crippen molar-refractivity contribution in [2.24, 2.45) is 0 Å². The molecule has 0 saturated carbocycles. The van der Waals surface area contributed by atoms with E-state index in [2.05, 4.69) is 60.2 Å². The molecular formula is C17H19BrFN. The Kier molecular flexibility index (Phi) is 4.81. The number of halogens is 2. The van der Waals surface area contributed by atoms with E-state index < -0.39 is 0 Å². The number of hydrogen-bond acceptors (Lipinski definition) is 1. The molecule has 1 N–H and O–H groups in total. The molecule has 0 spiro atoms. The van der Waals surface area contributed by atoms with Crippen LogP contribution in [0.15, 0.2) is 46.9 Å². The number of para-hydroxylation sites is 1. The first-order chi connectivity index (χ1) is 9.49. The van der Waals surface area contributed by atoms with Crippen LogP contribution in [-0.2, 0) is 0 Å². The summed E-state index contributed by atoms with van der Waals surface area (Å²) in [7, 11) is 0. The zero-order chi connectivity index (χ0) is 14.7. The van der Waals surface area contributed by atoms with Gasteiger partial charge in [0.2, 0.25) is 0 Å². The Balaban J connectivity index is 2.23. The molecule has 0 fully saturated rings. The maximum atomic E-state index is 13.3. The topological polar surface area (TPSA) is 12.0 Å². The highest BCUT2D eigenvalue weighted by molar-refractivity contribution is 9.10. The fraction of sp³-hybridized carbons (Fsp3) is 0.294. The smallest absolute Gasteiger partial charge is 0.137 e. The van der Waals surface area contributed by atoms with E-state index in [0.29, 0.717) is 10.4 Å². The van der Waals surface area contributed by atoms with E-state index in [4.69, 9.17) is 0 Å². The highest BCUT2D eigenvalue weighted by Gasteiger charge is 2.11. The molecule has 0 bridgehead atoms. The van der Waals surface area contributed by atoms with Gasteiger partial charge in [0.05, 0.1) is 4.47 Å².